The van der Waals surface area contributed by atoms with Gasteiger partial charge in [-0.15, -0.1) is 0 Å². The van der Waals surface area contributed by atoms with Gasteiger partial charge in [0, 0.05) is 15.6 Å². The number of carbonyl (C=O) groups excluding carboxylic acids is 3. The summed E-state index contributed by atoms with van der Waals surface area (Å²) in [5.41, 5.74) is 0.784. The summed E-state index contributed by atoms with van der Waals surface area (Å²) in [6.45, 7) is 5.11. The van der Waals surface area contributed by atoms with Crippen molar-refractivity contribution in [3.8, 4) is 0 Å². The van der Waals surface area contributed by atoms with Gasteiger partial charge in [0.05, 0.1) is 23.9 Å². The van der Waals surface area contributed by atoms with Crippen molar-refractivity contribution >= 4 is 58.5 Å². The lowest BCUT2D eigenvalue weighted by Gasteiger charge is -2.23. The van der Waals surface area contributed by atoms with E-state index in [1.807, 2.05) is 0 Å². The van der Waals surface area contributed by atoms with E-state index < -0.39 is 23.6 Å². The molecule has 0 saturated heterocycles. The maximum Gasteiger partial charge on any atom is 0.422 e. The summed E-state index contributed by atoms with van der Waals surface area (Å²) in [5, 5.41) is 0.731. The van der Waals surface area contributed by atoms with Crippen LogP contribution in [0.3, 0.4) is 0 Å². The van der Waals surface area contributed by atoms with E-state index in [9.17, 15) is 14.4 Å². The van der Waals surface area contributed by atoms with Gasteiger partial charge < -0.3 is 9.47 Å². The molecule has 0 aliphatic carbocycles. The number of hydrogen-bond donors (Lipinski definition) is 0. The lowest BCUT2D eigenvalue weighted by molar-refractivity contribution is -0.112. The molecule has 1 aliphatic rings. The molecule has 0 aromatic heterocycles. The first kappa shape index (κ1) is 21.9. The van der Waals surface area contributed by atoms with Gasteiger partial charge in [0.25, 0.3) is 5.91 Å². The number of hydrogen-bond acceptors (Lipinski definition) is 5. The minimum atomic E-state index is -0.821. The molecule has 2 aromatic rings. The molecule has 0 bridgehead atoms. The molecule has 0 atom stereocenters. The van der Waals surface area contributed by atoms with Crippen molar-refractivity contribution < 1.29 is 23.9 Å². The molecule has 8 heteroatoms. The highest BCUT2D eigenvalue weighted by atomic mass is 35.5. The lowest BCUT2D eigenvalue weighted by Crippen LogP contribution is -2.38. The molecule has 0 N–H and O–H groups in total. The van der Waals surface area contributed by atoms with E-state index in [2.05, 4.69) is 0 Å². The van der Waals surface area contributed by atoms with Crippen molar-refractivity contribution in [2.75, 3.05) is 12.0 Å². The van der Waals surface area contributed by atoms with Crippen LogP contribution in [0.4, 0.5) is 10.5 Å². The minimum Gasteiger partial charge on any atom is -0.465 e. The molecule has 0 radical (unpaired) electrons. The Bertz CT molecular complexity index is 1090. The number of rotatable bonds is 2. The second-order valence-electron chi connectivity index (χ2n) is 7.56. The van der Waals surface area contributed by atoms with Gasteiger partial charge in [-0.05, 0) is 62.7 Å². The maximum atomic E-state index is 13.2. The number of nitrogens with zero attached hydrogens (tertiary/aromatic N) is 1. The predicted octanol–water partition coefficient (Wildman–Crippen LogP) is 5.60. The van der Waals surface area contributed by atoms with Gasteiger partial charge in [-0.2, -0.15) is 0 Å². The van der Waals surface area contributed by atoms with Gasteiger partial charge in [0.2, 0.25) is 0 Å². The Labute approximate surface area is 184 Å². The average molecular weight is 448 g/mol. The van der Waals surface area contributed by atoms with Crippen molar-refractivity contribution in [2.24, 2.45) is 0 Å². The topological polar surface area (TPSA) is 72.9 Å². The molecule has 1 aliphatic heterocycles. The first-order chi connectivity index (χ1) is 14.0. The molecule has 156 valence electrons. The Morgan fingerprint density at radius 3 is 2.30 bits per heavy atom. The maximum absolute atomic E-state index is 13.2. The quantitative estimate of drug-likeness (QED) is 0.442. The predicted molar refractivity (Wildman–Crippen MR) is 116 cm³/mol. The molecule has 6 nitrogen and oxygen atoms in total. The normalized spacial score (nSPS) is 14.7. The fraction of sp³-hybridized carbons (Fsp3) is 0.227. The van der Waals surface area contributed by atoms with E-state index in [-0.39, 0.29) is 11.1 Å². The summed E-state index contributed by atoms with van der Waals surface area (Å²) in [6, 6.07) is 9.35. The number of fused-ring (bicyclic) bond motifs is 1. The van der Waals surface area contributed by atoms with Crippen LogP contribution in [0.25, 0.3) is 11.6 Å². The molecule has 2 amide bonds. The van der Waals surface area contributed by atoms with E-state index in [4.69, 9.17) is 32.7 Å². The number of imide groups is 1. The lowest BCUT2D eigenvalue weighted by atomic mass is 10.0. The van der Waals surface area contributed by atoms with Crippen LogP contribution in [0.15, 0.2) is 36.4 Å². The molecule has 3 rings (SSSR count). The molecular weight excluding hydrogens is 429 g/mol. The van der Waals surface area contributed by atoms with Crippen LogP contribution in [-0.4, -0.2) is 30.7 Å². The van der Waals surface area contributed by atoms with E-state index >= 15 is 0 Å². The summed E-state index contributed by atoms with van der Waals surface area (Å²) in [4.78, 5) is 39.0. The Kier molecular flexibility index (Phi) is 5.92. The molecule has 0 saturated carbocycles. The number of carbonyl (C=O) groups is 3. The molecule has 2 aromatic carbocycles. The SMILES string of the molecule is COC(=O)c1ccc(Cl)cc1/C=C1/C(=O)N(C(=O)OC(C)(C)C)c2cc(Cl)ccc21. The minimum absolute atomic E-state index is 0.194. The number of esters is 1. The first-order valence-corrected chi connectivity index (χ1v) is 9.74. The number of halogens is 2. The van der Waals surface area contributed by atoms with Crippen LogP contribution in [-0.2, 0) is 14.3 Å². The Morgan fingerprint density at radius 2 is 1.67 bits per heavy atom. The molecule has 30 heavy (non-hydrogen) atoms. The highest BCUT2D eigenvalue weighted by molar-refractivity contribution is 6.42. The van der Waals surface area contributed by atoms with Gasteiger partial charge in [-0.25, -0.2) is 14.5 Å². The zero-order valence-corrected chi connectivity index (χ0v) is 18.3. The molecular formula is C22H19Cl2NO5. The zero-order valence-electron chi connectivity index (χ0n) is 16.8. The Hall–Kier alpha value is -2.83. The smallest absolute Gasteiger partial charge is 0.422 e. The van der Waals surface area contributed by atoms with Crippen molar-refractivity contribution in [1.82, 2.24) is 0 Å². The number of benzene rings is 2. The van der Waals surface area contributed by atoms with Gasteiger partial charge >= 0.3 is 12.1 Å². The van der Waals surface area contributed by atoms with Crippen molar-refractivity contribution in [2.45, 2.75) is 26.4 Å². The summed E-state index contributed by atoms with van der Waals surface area (Å²) >= 11 is 12.2. The number of amides is 2. The fourth-order valence-electron chi connectivity index (χ4n) is 3.00. The van der Waals surface area contributed by atoms with Gasteiger partial charge in [0.1, 0.15) is 5.60 Å². The molecule has 1 heterocycles. The second kappa shape index (κ2) is 8.13. The van der Waals surface area contributed by atoms with E-state index in [1.165, 1.54) is 25.3 Å². The summed E-state index contributed by atoms with van der Waals surface area (Å²) in [7, 11) is 1.26. The van der Waals surface area contributed by atoms with Crippen LogP contribution in [0.1, 0.15) is 42.3 Å². The van der Waals surface area contributed by atoms with Gasteiger partial charge in [-0.1, -0.05) is 29.3 Å². The van der Waals surface area contributed by atoms with E-state index in [1.54, 1.807) is 45.0 Å². The van der Waals surface area contributed by atoms with E-state index in [0.717, 1.165) is 4.90 Å². The standard InChI is InChI=1S/C22H19Cl2NO5/c1-22(2,3)30-21(28)25-18-11-14(24)6-8-16(18)17(19(25)26)10-12-9-13(23)5-7-15(12)20(27)29-4/h5-11H,1-4H3/b17-10+. The first-order valence-electron chi connectivity index (χ1n) is 8.99. The summed E-state index contributed by atoms with van der Waals surface area (Å²) < 4.78 is 10.2. The fourth-order valence-corrected chi connectivity index (χ4v) is 3.34. The van der Waals surface area contributed by atoms with Gasteiger partial charge in [-0.3, -0.25) is 4.79 Å². The van der Waals surface area contributed by atoms with Crippen LogP contribution >= 0.6 is 23.2 Å². The van der Waals surface area contributed by atoms with Crippen LogP contribution in [0.2, 0.25) is 10.0 Å². The number of anilines is 1. The zero-order chi connectivity index (χ0) is 22.2. The molecule has 0 unspecified atom stereocenters. The third-order valence-electron chi connectivity index (χ3n) is 4.22. The van der Waals surface area contributed by atoms with Crippen molar-refractivity contribution in [3.63, 3.8) is 0 Å². The average Bonchev–Trinajstić information content (AvgIpc) is 2.91. The van der Waals surface area contributed by atoms with Gasteiger partial charge in [0.15, 0.2) is 0 Å². The van der Waals surface area contributed by atoms with E-state index in [0.29, 0.717) is 26.9 Å². The summed E-state index contributed by atoms with van der Waals surface area (Å²) in [5.74, 6) is -1.18. The highest BCUT2D eigenvalue weighted by Gasteiger charge is 2.39. The van der Waals surface area contributed by atoms with Crippen LogP contribution in [0, 0.1) is 0 Å². The monoisotopic (exact) mass is 447 g/mol. The number of ether oxygens (including phenoxy) is 2. The van der Waals surface area contributed by atoms with Crippen molar-refractivity contribution in [1.29, 1.82) is 0 Å². The highest BCUT2D eigenvalue weighted by Crippen LogP contribution is 2.40. The molecule has 0 fully saturated rings. The van der Waals surface area contributed by atoms with Crippen LogP contribution < -0.4 is 4.90 Å². The number of methoxy groups -OCH3 is 1. The largest absolute Gasteiger partial charge is 0.465 e. The summed E-state index contributed by atoms with van der Waals surface area (Å²) in [6.07, 6.45) is 0.677. The third-order valence-corrected chi connectivity index (χ3v) is 4.69. The van der Waals surface area contributed by atoms with Crippen molar-refractivity contribution in [3.05, 3.63) is 63.1 Å². The third kappa shape index (κ3) is 4.35. The Morgan fingerprint density at radius 1 is 1.03 bits per heavy atom. The van der Waals surface area contributed by atoms with Crippen LogP contribution in [0.5, 0.6) is 0 Å². The molecule has 0 spiro atoms. The second-order valence-corrected chi connectivity index (χ2v) is 8.44. The Balaban J connectivity index is 2.16.